The smallest absolute Gasteiger partial charge is 0.367 e. The lowest BCUT2D eigenvalue weighted by Crippen LogP contribution is -2.02. The predicted molar refractivity (Wildman–Crippen MR) is 82.0 cm³/mol. The fourth-order valence-corrected chi connectivity index (χ4v) is 2.32. The van der Waals surface area contributed by atoms with E-state index in [9.17, 15) is 4.79 Å². The Labute approximate surface area is 136 Å². The highest BCUT2D eigenvalue weighted by Gasteiger charge is 2.13. The molecule has 22 heavy (non-hydrogen) atoms. The highest BCUT2D eigenvalue weighted by molar-refractivity contribution is 6.36. The minimum absolute atomic E-state index is 0.189. The Balaban J connectivity index is 1.68. The van der Waals surface area contributed by atoms with E-state index in [4.69, 9.17) is 37.5 Å². The monoisotopic (exact) mass is 337 g/mol. The molecule has 0 unspecified atom stereocenters. The Bertz CT molecular complexity index is 761. The summed E-state index contributed by atoms with van der Waals surface area (Å²) in [6.45, 7) is 0.194. The summed E-state index contributed by atoms with van der Waals surface area (Å²) >= 11 is 11.7. The third kappa shape index (κ3) is 3.16. The molecule has 1 heterocycles. The van der Waals surface area contributed by atoms with Gasteiger partial charge in [0.1, 0.15) is 0 Å². The zero-order chi connectivity index (χ0) is 15.5. The van der Waals surface area contributed by atoms with E-state index in [-0.39, 0.29) is 17.4 Å². The maximum Gasteiger partial charge on any atom is 0.367 e. The molecule has 0 bridgehead atoms. The van der Waals surface area contributed by atoms with E-state index in [0.29, 0.717) is 22.1 Å². The van der Waals surface area contributed by atoms with Crippen LogP contribution in [0.25, 0.3) is 0 Å². The first-order valence-corrected chi connectivity index (χ1v) is 6.98. The Morgan fingerprint density at radius 1 is 1.14 bits per heavy atom. The zero-order valence-electron chi connectivity index (χ0n) is 11.1. The van der Waals surface area contributed by atoms with Gasteiger partial charge in [-0.1, -0.05) is 28.4 Å². The molecule has 0 aliphatic carbocycles. The quantitative estimate of drug-likeness (QED) is 0.484. The van der Waals surface area contributed by atoms with E-state index in [1.54, 1.807) is 24.3 Å². The molecule has 1 aliphatic rings. The second-order valence-electron chi connectivity index (χ2n) is 4.35. The summed E-state index contributed by atoms with van der Waals surface area (Å²) in [7, 11) is 0. The van der Waals surface area contributed by atoms with E-state index in [0.717, 1.165) is 0 Å². The Kier molecular flexibility index (Phi) is 4.18. The first-order valence-electron chi connectivity index (χ1n) is 6.23. The number of hydrogen-bond acceptors (Lipinski definition) is 5. The van der Waals surface area contributed by atoms with E-state index in [1.165, 1.54) is 18.3 Å². The van der Waals surface area contributed by atoms with Gasteiger partial charge in [0.15, 0.2) is 11.5 Å². The maximum absolute atomic E-state index is 11.8. The fourth-order valence-electron chi connectivity index (χ4n) is 1.83. The van der Waals surface area contributed by atoms with Gasteiger partial charge < -0.3 is 14.3 Å². The standard InChI is InChI=1S/C15H9Cl2NO4/c16-10-2-3-11(12(17)6-10)15(19)22-18-7-9-1-4-13-14(5-9)21-8-20-13/h1-7H,8H2/b18-7+. The van der Waals surface area contributed by atoms with Crippen molar-refractivity contribution in [1.82, 2.24) is 0 Å². The van der Waals surface area contributed by atoms with Crippen LogP contribution in [-0.4, -0.2) is 19.0 Å². The van der Waals surface area contributed by atoms with Gasteiger partial charge in [-0.2, -0.15) is 0 Å². The van der Waals surface area contributed by atoms with Crippen LogP contribution < -0.4 is 9.47 Å². The number of fused-ring (bicyclic) bond motifs is 1. The summed E-state index contributed by atoms with van der Waals surface area (Å²) in [5, 5.41) is 4.28. The summed E-state index contributed by atoms with van der Waals surface area (Å²) < 4.78 is 10.4. The summed E-state index contributed by atoms with van der Waals surface area (Å²) in [6.07, 6.45) is 1.39. The third-order valence-electron chi connectivity index (χ3n) is 2.89. The molecule has 0 amide bonds. The predicted octanol–water partition coefficient (Wildman–Crippen LogP) is 3.91. The molecular weight excluding hydrogens is 329 g/mol. The summed E-state index contributed by atoms with van der Waals surface area (Å²) in [6, 6.07) is 9.73. The van der Waals surface area contributed by atoms with E-state index in [2.05, 4.69) is 5.16 Å². The summed E-state index contributed by atoms with van der Waals surface area (Å²) in [4.78, 5) is 16.6. The molecule has 0 spiro atoms. The summed E-state index contributed by atoms with van der Waals surface area (Å²) in [5.74, 6) is 0.622. The number of oxime groups is 1. The van der Waals surface area contributed by atoms with E-state index in [1.807, 2.05) is 0 Å². The third-order valence-corrected chi connectivity index (χ3v) is 3.43. The minimum Gasteiger partial charge on any atom is -0.454 e. The molecule has 7 heteroatoms. The van der Waals surface area contributed by atoms with Crippen LogP contribution in [-0.2, 0) is 4.84 Å². The number of nitrogens with zero attached hydrogens (tertiary/aromatic N) is 1. The Hall–Kier alpha value is -2.24. The van der Waals surface area contributed by atoms with Crippen LogP contribution in [0, 0.1) is 0 Å². The van der Waals surface area contributed by atoms with Crippen molar-refractivity contribution in [3.8, 4) is 11.5 Å². The van der Waals surface area contributed by atoms with Gasteiger partial charge in [-0.15, -0.1) is 0 Å². The second-order valence-corrected chi connectivity index (χ2v) is 5.19. The van der Waals surface area contributed by atoms with Crippen molar-refractivity contribution >= 4 is 35.4 Å². The number of benzene rings is 2. The second kappa shape index (κ2) is 6.25. The molecule has 1 aliphatic heterocycles. The topological polar surface area (TPSA) is 57.1 Å². The van der Waals surface area contributed by atoms with Crippen LogP contribution in [0.3, 0.4) is 0 Å². The number of hydrogen-bond donors (Lipinski definition) is 0. The van der Waals surface area contributed by atoms with Gasteiger partial charge in [0.25, 0.3) is 0 Å². The SMILES string of the molecule is O=C(O/N=C/c1ccc2c(c1)OCO2)c1ccc(Cl)cc1Cl. The molecule has 112 valence electrons. The number of carbonyl (C=O) groups excluding carboxylic acids is 1. The van der Waals surface area contributed by atoms with Crippen molar-refractivity contribution in [2.24, 2.45) is 5.16 Å². The normalized spacial score (nSPS) is 12.6. The molecule has 0 saturated heterocycles. The van der Waals surface area contributed by atoms with Gasteiger partial charge in [-0.3, -0.25) is 0 Å². The first kappa shape index (κ1) is 14.7. The molecule has 2 aromatic rings. The molecular formula is C15H9Cl2NO4. The van der Waals surface area contributed by atoms with Crippen LogP contribution in [0.5, 0.6) is 11.5 Å². The number of ether oxygens (including phenoxy) is 2. The van der Waals surface area contributed by atoms with Crippen molar-refractivity contribution in [2.75, 3.05) is 6.79 Å². The average Bonchev–Trinajstić information content (AvgIpc) is 2.94. The van der Waals surface area contributed by atoms with Gasteiger partial charge in [0, 0.05) is 10.6 Å². The zero-order valence-corrected chi connectivity index (χ0v) is 12.6. The van der Waals surface area contributed by atoms with Crippen molar-refractivity contribution in [3.63, 3.8) is 0 Å². The van der Waals surface area contributed by atoms with E-state index < -0.39 is 5.97 Å². The molecule has 0 N–H and O–H groups in total. The largest absolute Gasteiger partial charge is 0.454 e. The molecule has 0 fully saturated rings. The molecule has 3 rings (SSSR count). The van der Waals surface area contributed by atoms with Crippen LogP contribution in [0.1, 0.15) is 15.9 Å². The maximum atomic E-state index is 11.8. The number of halogens is 2. The molecule has 5 nitrogen and oxygen atoms in total. The molecule has 0 saturated carbocycles. The van der Waals surface area contributed by atoms with Crippen LogP contribution in [0.15, 0.2) is 41.6 Å². The van der Waals surface area contributed by atoms with Gasteiger partial charge in [0.2, 0.25) is 6.79 Å². The van der Waals surface area contributed by atoms with Crippen LogP contribution >= 0.6 is 23.2 Å². The number of rotatable bonds is 3. The highest BCUT2D eigenvalue weighted by Crippen LogP contribution is 2.32. The lowest BCUT2D eigenvalue weighted by atomic mass is 10.2. The lowest BCUT2D eigenvalue weighted by Gasteiger charge is -2.01. The van der Waals surface area contributed by atoms with Gasteiger partial charge in [-0.25, -0.2) is 4.79 Å². The van der Waals surface area contributed by atoms with Gasteiger partial charge >= 0.3 is 5.97 Å². The summed E-state index contributed by atoms with van der Waals surface area (Å²) in [5.41, 5.74) is 0.896. The van der Waals surface area contributed by atoms with Crippen molar-refractivity contribution < 1.29 is 19.1 Å². The molecule has 0 atom stereocenters. The van der Waals surface area contributed by atoms with E-state index >= 15 is 0 Å². The molecule has 2 aromatic carbocycles. The molecule has 0 aromatic heterocycles. The first-order chi connectivity index (χ1) is 10.6. The van der Waals surface area contributed by atoms with Crippen molar-refractivity contribution in [2.45, 2.75) is 0 Å². The van der Waals surface area contributed by atoms with Crippen LogP contribution in [0.4, 0.5) is 0 Å². The fraction of sp³-hybridized carbons (Fsp3) is 0.0667. The van der Waals surface area contributed by atoms with Crippen LogP contribution in [0.2, 0.25) is 10.0 Å². The average molecular weight is 338 g/mol. The Morgan fingerprint density at radius 3 is 2.77 bits per heavy atom. The lowest BCUT2D eigenvalue weighted by molar-refractivity contribution is 0.0519. The number of carbonyl (C=O) groups is 1. The highest BCUT2D eigenvalue weighted by atomic mass is 35.5. The van der Waals surface area contributed by atoms with Gasteiger partial charge in [0.05, 0.1) is 16.8 Å². The Morgan fingerprint density at radius 2 is 1.95 bits per heavy atom. The molecule has 0 radical (unpaired) electrons. The van der Waals surface area contributed by atoms with Crippen molar-refractivity contribution in [3.05, 3.63) is 57.6 Å². The minimum atomic E-state index is -0.668. The van der Waals surface area contributed by atoms with Crippen molar-refractivity contribution in [1.29, 1.82) is 0 Å². The van der Waals surface area contributed by atoms with Gasteiger partial charge in [-0.05, 0) is 36.4 Å².